The predicted octanol–water partition coefficient (Wildman–Crippen LogP) is 3.03. The van der Waals surface area contributed by atoms with Crippen molar-refractivity contribution < 1.29 is 14.3 Å². The van der Waals surface area contributed by atoms with E-state index in [2.05, 4.69) is 17.2 Å². The Morgan fingerprint density at radius 1 is 1.43 bits per heavy atom. The van der Waals surface area contributed by atoms with Gasteiger partial charge in [-0.2, -0.15) is 0 Å². The van der Waals surface area contributed by atoms with Gasteiger partial charge in [-0.1, -0.05) is 32.6 Å². The molecule has 1 amide bonds. The number of benzene rings is 1. The maximum Gasteiger partial charge on any atom is 0.234 e. The minimum absolute atomic E-state index is 0.00867. The van der Waals surface area contributed by atoms with Gasteiger partial charge in [0.2, 0.25) is 5.91 Å². The van der Waals surface area contributed by atoms with Crippen molar-refractivity contribution in [3.05, 3.63) is 29.6 Å². The summed E-state index contributed by atoms with van der Waals surface area (Å²) in [6.45, 7) is 6.05. The van der Waals surface area contributed by atoms with Crippen LogP contribution in [0.4, 0.5) is 10.1 Å². The second-order valence-corrected chi connectivity index (χ2v) is 7.22. The van der Waals surface area contributed by atoms with Crippen LogP contribution < -0.4 is 5.32 Å². The van der Waals surface area contributed by atoms with Gasteiger partial charge in [-0.05, 0) is 18.2 Å². The molecule has 1 aromatic rings. The van der Waals surface area contributed by atoms with Crippen LogP contribution in [0.15, 0.2) is 18.2 Å². The first kappa shape index (κ1) is 17.5. The minimum Gasteiger partial charge on any atom is -0.395 e. The third-order valence-corrected chi connectivity index (χ3v) is 3.62. The minimum atomic E-state index is -0.485. The lowest BCUT2D eigenvalue weighted by molar-refractivity contribution is -0.113. The fraction of sp³-hybridized carbons (Fsp3) is 0.438. The second kappa shape index (κ2) is 8.06. The first-order chi connectivity index (χ1) is 9.81. The molecule has 1 rings (SSSR count). The van der Waals surface area contributed by atoms with Crippen LogP contribution in [0.2, 0.25) is 0 Å². The number of halogens is 1. The van der Waals surface area contributed by atoms with Gasteiger partial charge in [0.05, 0.1) is 17.9 Å². The molecule has 0 aliphatic rings. The van der Waals surface area contributed by atoms with Gasteiger partial charge >= 0.3 is 0 Å². The average molecular weight is 309 g/mol. The maximum atomic E-state index is 13.8. The molecule has 2 N–H and O–H groups in total. The van der Waals surface area contributed by atoms with Gasteiger partial charge < -0.3 is 10.4 Å². The lowest BCUT2D eigenvalue weighted by Crippen LogP contribution is -2.19. The summed E-state index contributed by atoms with van der Waals surface area (Å²) in [6.07, 6.45) is 0.307. The number of carbonyl (C=O) groups excluding carboxylic acids is 1. The summed E-state index contributed by atoms with van der Waals surface area (Å²) in [5.74, 6) is 4.98. The molecule has 3 nitrogen and oxygen atoms in total. The number of nitrogens with one attached hydrogen (secondary N) is 1. The van der Waals surface area contributed by atoms with Crippen molar-refractivity contribution in [1.29, 1.82) is 0 Å². The molecule has 0 aliphatic heterocycles. The third-order valence-electron chi connectivity index (χ3n) is 2.35. The van der Waals surface area contributed by atoms with E-state index in [1.807, 2.05) is 20.8 Å². The summed E-state index contributed by atoms with van der Waals surface area (Å²) < 4.78 is 13.8. The second-order valence-electron chi connectivity index (χ2n) is 5.42. The largest absolute Gasteiger partial charge is 0.395 e. The van der Waals surface area contributed by atoms with Gasteiger partial charge in [-0.25, -0.2) is 4.39 Å². The zero-order chi connectivity index (χ0) is 15.9. The fourth-order valence-corrected chi connectivity index (χ4v) is 2.02. The lowest BCUT2D eigenvalue weighted by atomic mass is 10.2. The molecule has 0 atom stereocenters. The Balaban J connectivity index is 2.64. The predicted molar refractivity (Wildman–Crippen MR) is 85.8 cm³/mol. The number of anilines is 1. The molecule has 0 fully saturated rings. The summed E-state index contributed by atoms with van der Waals surface area (Å²) in [5.41, 5.74) is 0.672. The number of hydrogen-bond donors (Lipinski definition) is 2. The van der Waals surface area contributed by atoms with Gasteiger partial charge in [0, 0.05) is 16.9 Å². The van der Waals surface area contributed by atoms with Crippen molar-refractivity contribution in [2.75, 3.05) is 17.7 Å². The van der Waals surface area contributed by atoms with Gasteiger partial charge in [-0.3, -0.25) is 4.79 Å². The number of aliphatic hydroxyl groups is 1. The fourth-order valence-electron chi connectivity index (χ4n) is 1.39. The molecule has 5 heteroatoms. The van der Waals surface area contributed by atoms with E-state index in [9.17, 15) is 9.18 Å². The van der Waals surface area contributed by atoms with Crippen molar-refractivity contribution >= 4 is 23.4 Å². The quantitative estimate of drug-likeness (QED) is 0.841. The van der Waals surface area contributed by atoms with Gasteiger partial charge in [0.15, 0.2) is 0 Å². The molecular formula is C16H20FNO2S. The molecule has 0 saturated carbocycles. The first-order valence-electron chi connectivity index (χ1n) is 6.65. The number of rotatable bonds is 4. The molecule has 0 aromatic heterocycles. The molecule has 0 bridgehead atoms. The zero-order valence-corrected chi connectivity index (χ0v) is 13.3. The summed E-state index contributed by atoms with van der Waals surface area (Å²) in [5, 5.41) is 11.3. The zero-order valence-electron chi connectivity index (χ0n) is 12.5. The smallest absolute Gasteiger partial charge is 0.234 e. The molecule has 1 aromatic carbocycles. The Kier molecular flexibility index (Phi) is 6.73. The van der Waals surface area contributed by atoms with E-state index in [4.69, 9.17) is 5.11 Å². The Hall–Kier alpha value is -1.51. The van der Waals surface area contributed by atoms with Crippen LogP contribution in [-0.2, 0) is 4.79 Å². The Morgan fingerprint density at radius 2 is 2.14 bits per heavy atom. The molecule has 0 heterocycles. The van der Waals surface area contributed by atoms with Crippen LogP contribution in [0.5, 0.6) is 0 Å². The van der Waals surface area contributed by atoms with E-state index in [0.29, 0.717) is 17.9 Å². The summed E-state index contributed by atoms with van der Waals surface area (Å²) in [4.78, 5) is 11.8. The van der Waals surface area contributed by atoms with E-state index in [1.165, 1.54) is 23.9 Å². The van der Waals surface area contributed by atoms with Crippen molar-refractivity contribution in [2.24, 2.45) is 0 Å². The van der Waals surface area contributed by atoms with E-state index in [1.54, 1.807) is 6.07 Å². The highest BCUT2D eigenvalue weighted by Crippen LogP contribution is 2.23. The topological polar surface area (TPSA) is 49.3 Å². The molecular weight excluding hydrogens is 289 g/mol. The molecule has 0 aliphatic carbocycles. The van der Waals surface area contributed by atoms with Crippen LogP contribution in [0.25, 0.3) is 0 Å². The van der Waals surface area contributed by atoms with Gasteiger partial charge in [0.25, 0.3) is 0 Å². The van der Waals surface area contributed by atoms with Crippen LogP contribution in [0.1, 0.15) is 32.8 Å². The Morgan fingerprint density at radius 3 is 2.71 bits per heavy atom. The number of amides is 1. The summed E-state index contributed by atoms with van der Waals surface area (Å²) in [6, 6.07) is 4.39. The Labute approximate surface area is 129 Å². The number of thioether (sulfide) groups is 1. The first-order valence-corrected chi connectivity index (χ1v) is 7.63. The SMILES string of the molecule is CC(C)(C)SCC(=O)Nc1ccc(C#CCCO)c(F)c1. The molecule has 0 spiro atoms. The van der Waals surface area contributed by atoms with E-state index in [-0.39, 0.29) is 22.8 Å². The standard InChI is InChI=1S/C16H20FNO2S/c1-16(2,3)21-11-15(20)18-13-8-7-12(14(17)10-13)6-4-5-9-19/h7-8,10,19H,5,9,11H2,1-3H3,(H,18,20). The lowest BCUT2D eigenvalue weighted by Gasteiger charge is -2.17. The highest BCUT2D eigenvalue weighted by Gasteiger charge is 2.13. The number of carbonyl (C=O) groups is 1. The third kappa shape index (κ3) is 7.16. The highest BCUT2D eigenvalue weighted by atomic mass is 32.2. The molecule has 114 valence electrons. The van der Waals surface area contributed by atoms with Crippen molar-refractivity contribution in [2.45, 2.75) is 31.9 Å². The molecule has 0 radical (unpaired) electrons. The normalized spacial score (nSPS) is 10.7. The molecule has 21 heavy (non-hydrogen) atoms. The summed E-state index contributed by atoms with van der Waals surface area (Å²) >= 11 is 1.53. The van der Waals surface area contributed by atoms with Gasteiger partial charge in [0.1, 0.15) is 5.82 Å². The highest BCUT2D eigenvalue weighted by molar-refractivity contribution is 8.01. The Bertz CT molecular complexity index is 556. The molecule has 0 unspecified atom stereocenters. The van der Waals surface area contributed by atoms with Crippen LogP contribution in [0, 0.1) is 17.7 Å². The van der Waals surface area contributed by atoms with Crippen molar-refractivity contribution in [3.8, 4) is 11.8 Å². The van der Waals surface area contributed by atoms with E-state index in [0.717, 1.165) is 0 Å². The van der Waals surface area contributed by atoms with Crippen LogP contribution >= 0.6 is 11.8 Å². The monoisotopic (exact) mass is 309 g/mol. The summed E-state index contributed by atoms with van der Waals surface area (Å²) in [7, 11) is 0. The van der Waals surface area contributed by atoms with Crippen molar-refractivity contribution in [3.63, 3.8) is 0 Å². The number of aliphatic hydroxyl groups excluding tert-OH is 1. The van der Waals surface area contributed by atoms with Gasteiger partial charge in [-0.15, -0.1) is 11.8 Å². The van der Waals surface area contributed by atoms with Crippen LogP contribution in [0.3, 0.4) is 0 Å². The molecule has 0 saturated heterocycles. The van der Waals surface area contributed by atoms with Crippen molar-refractivity contribution in [1.82, 2.24) is 0 Å². The van der Waals surface area contributed by atoms with E-state index >= 15 is 0 Å². The van der Waals surface area contributed by atoms with E-state index < -0.39 is 5.82 Å². The average Bonchev–Trinajstić information content (AvgIpc) is 2.38. The van der Waals surface area contributed by atoms with Crippen LogP contribution in [-0.4, -0.2) is 28.1 Å². The maximum absolute atomic E-state index is 13.8. The number of hydrogen-bond acceptors (Lipinski definition) is 3.